The molecule has 0 saturated carbocycles. The first-order valence-electron chi connectivity index (χ1n) is 7.84. The molecule has 0 aromatic heterocycles. The van der Waals surface area contributed by atoms with E-state index in [1.807, 2.05) is 0 Å². The van der Waals surface area contributed by atoms with E-state index in [-0.39, 0.29) is 18.3 Å². The van der Waals surface area contributed by atoms with Crippen LogP contribution in [0.1, 0.15) is 27.7 Å². The van der Waals surface area contributed by atoms with Crippen LogP contribution in [0.15, 0.2) is 29.2 Å². The van der Waals surface area contributed by atoms with Gasteiger partial charge < -0.3 is 14.0 Å². The summed E-state index contributed by atoms with van der Waals surface area (Å²) in [6, 6.07) is 8.48. The Morgan fingerprint density at radius 3 is 2.05 bits per heavy atom. The summed E-state index contributed by atoms with van der Waals surface area (Å²) in [7, 11) is -0.285. The van der Waals surface area contributed by atoms with E-state index < -0.39 is 0 Å². The monoisotopic (exact) mass is 321 g/mol. The third-order valence-corrected chi connectivity index (χ3v) is 5.72. The summed E-state index contributed by atoms with van der Waals surface area (Å²) < 4.78 is 19.9. The van der Waals surface area contributed by atoms with Gasteiger partial charge in [0.2, 0.25) is 0 Å². The number of rotatable bonds is 3. The highest BCUT2D eigenvalue weighted by atomic mass is 32.2. The molecule has 2 aliphatic heterocycles. The predicted molar refractivity (Wildman–Crippen MR) is 90.4 cm³/mol. The van der Waals surface area contributed by atoms with E-state index in [2.05, 4.69) is 56.3 Å². The van der Waals surface area contributed by atoms with Crippen LogP contribution in [0.5, 0.6) is 0 Å². The Morgan fingerprint density at radius 1 is 0.955 bits per heavy atom. The molecule has 0 N–H and O–H groups in total. The van der Waals surface area contributed by atoms with Crippen molar-refractivity contribution < 1.29 is 14.0 Å². The van der Waals surface area contributed by atoms with Gasteiger partial charge in [0, 0.05) is 18.0 Å². The minimum atomic E-state index is -0.293. The molecular formula is C16H24BNO3S. The number of hydrogen-bond acceptors (Lipinski definition) is 5. The second-order valence-corrected chi connectivity index (χ2v) is 7.96. The third-order valence-electron chi connectivity index (χ3n) is 4.61. The van der Waals surface area contributed by atoms with Crippen LogP contribution in [0.25, 0.3) is 0 Å². The van der Waals surface area contributed by atoms with Crippen LogP contribution in [0.2, 0.25) is 0 Å². The van der Waals surface area contributed by atoms with Crippen molar-refractivity contribution in [1.82, 2.24) is 4.31 Å². The molecule has 120 valence electrons. The van der Waals surface area contributed by atoms with Gasteiger partial charge in [-0.15, -0.1) is 0 Å². The fraction of sp³-hybridized carbons (Fsp3) is 0.625. The van der Waals surface area contributed by atoms with Gasteiger partial charge in [-0.05, 0) is 57.2 Å². The molecule has 22 heavy (non-hydrogen) atoms. The van der Waals surface area contributed by atoms with Crippen molar-refractivity contribution >= 4 is 24.5 Å². The maximum atomic E-state index is 6.08. The lowest BCUT2D eigenvalue weighted by Gasteiger charge is -2.32. The molecule has 0 atom stereocenters. The van der Waals surface area contributed by atoms with Crippen LogP contribution >= 0.6 is 11.9 Å². The summed E-state index contributed by atoms with van der Waals surface area (Å²) in [5.74, 6) is 0. The SMILES string of the molecule is CC1(C)OB(c2ccc(SN3CCOCC3)cc2)OC1(C)C. The molecule has 0 unspecified atom stereocenters. The van der Waals surface area contributed by atoms with E-state index in [0.29, 0.717) is 0 Å². The van der Waals surface area contributed by atoms with Crippen molar-refractivity contribution in [3.63, 3.8) is 0 Å². The first-order valence-corrected chi connectivity index (χ1v) is 8.61. The van der Waals surface area contributed by atoms with Crippen molar-refractivity contribution in [3.05, 3.63) is 24.3 Å². The fourth-order valence-electron chi connectivity index (χ4n) is 2.45. The van der Waals surface area contributed by atoms with Gasteiger partial charge in [-0.1, -0.05) is 12.1 Å². The molecule has 2 fully saturated rings. The molecule has 2 aliphatic rings. The topological polar surface area (TPSA) is 30.9 Å². The van der Waals surface area contributed by atoms with Crippen molar-refractivity contribution in [2.24, 2.45) is 0 Å². The Kier molecular flexibility index (Phi) is 4.58. The van der Waals surface area contributed by atoms with E-state index in [0.717, 1.165) is 31.8 Å². The third kappa shape index (κ3) is 3.36. The zero-order chi connectivity index (χ0) is 15.8. The second-order valence-electron chi connectivity index (χ2n) is 6.79. The molecule has 0 aliphatic carbocycles. The maximum absolute atomic E-state index is 6.08. The minimum Gasteiger partial charge on any atom is -0.399 e. The molecule has 0 spiro atoms. The highest BCUT2D eigenvalue weighted by Gasteiger charge is 2.51. The second kappa shape index (κ2) is 6.17. The molecule has 2 heterocycles. The van der Waals surface area contributed by atoms with Crippen LogP contribution in [0.4, 0.5) is 0 Å². The van der Waals surface area contributed by atoms with Crippen molar-refractivity contribution in [2.75, 3.05) is 26.3 Å². The summed E-state index contributed by atoms with van der Waals surface area (Å²) in [4.78, 5) is 1.24. The van der Waals surface area contributed by atoms with Crippen LogP contribution in [0.3, 0.4) is 0 Å². The summed E-state index contributed by atoms with van der Waals surface area (Å²) in [5.41, 5.74) is 0.489. The van der Waals surface area contributed by atoms with Crippen molar-refractivity contribution in [3.8, 4) is 0 Å². The van der Waals surface area contributed by atoms with E-state index in [1.54, 1.807) is 11.9 Å². The van der Waals surface area contributed by atoms with Gasteiger partial charge in [0.15, 0.2) is 0 Å². The Bertz CT molecular complexity index is 499. The first-order chi connectivity index (χ1) is 10.4. The predicted octanol–water partition coefficient (Wildman–Crippen LogP) is 2.33. The summed E-state index contributed by atoms with van der Waals surface area (Å²) in [5, 5.41) is 0. The average Bonchev–Trinajstić information content (AvgIpc) is 2.69. The van der Waals surface area contributed by atoms with E-state index in [4.69, 9.17) is 14.0 Å². The molecule has 6 heteroatoms. The lowest BCUT2D eigenvalue weighted by atomic mass is 9.79. The molecule has 3 rings (SSSR count). The molecule has 0 bridgehead atoms. The van der Waals surface area contributed by atoms with Crippen LogP contribution in [-0.2, 0) is 14.0 Å². The normalized spacial score (nSPS) is 24.6. The smallest absolute Gasteiger partial charge is 0.399 e. The van der Waals surface area contributed by atoms with Gasteiger partial charge in [0.25, 0.3) is 0 Å². The number of hydrogen-bond donors (Lipinski definition) is 0. The lowest BCUT2D eigenvalue weighted by Crippen LogP contribution is -2.41. The van der Waals surface area contributed by atoms with Gasteiger partial charge in [-0.3, -0.25) is 0 Å². The van der Waals surface area contributed by atoms with Crippen LogP contribution in [-0.4, -0.2) is 48.9 Å². The van der Waals surface area contributed by atoms with Gasteiger partial charge in [-0.25, -0.2) is 4.31 Å². The molecule has 0 amide bonds. The fourth-order valence-corrected chi connectivity index (χ4v) is 3.34. The highest BCUT2D eigenvalue weighted by molar-refractivity contribution is 7.97. The van der Waals surface area contributed by atoms with Crippen molar-refractivity contribution in [1.29, 1.82) is 0 Å². The van der Waals surface area contributed by atoms with Gasteiger partial charge >= 0.3 is 7.12 Å². The van der Waals surface area contributed by atoms with E-state index >= 15 is 0 Å². The van der Waals surface area contributed by atoms with E-state index in [1.165, 1.54) is 4.90 Å². The standard InChI is InChI=1S/C16H24BNO3S/c1-15(2)16(3,4)21-17(20-15)13-5-7-14(8-6-13)22-18-9-11-19-12-10-18/h5-8H,9-12H2,1-4H3. The summed E-state index contributed by atoms with van der Waals surface area (Å²) in [6.07, 6.45) is 0. The summed E-state index contributed by atoms with van der Waals surface area (Å²) in [6.45, 7) is 11.9. The Labute approximate surface area is 137 Å². The van der Waals surface area contributed by atoms with Gasteiger partial charge in [0.1, 0.15) is 0 Å². The Hall–Kier alpha value is -0.525. The summed E-state index contributed by atoms with van der Waals surface area (Å²) >= 11 is 1.79. The largest absolute Gasteiger partial charge is 0.494 e. The quantitative estimate of drug-likeness (QED) is 0.630. The van der Waals surface area contributed by atoms with Gasteiger partial charge in [0.05, 0.1) is 24.4 Å². The van der Waals surface area contributed by atoms with E-state index in [9.17, 15) is 0 Å². The Morgan fingerprint density at radius 2 is 1.50 bits per heavy atom. The molecule has 2 saturated heterocycles. The first kappa shape index (κ1) is 16.3. The molecule has 0 radical (unpaired) electrons. The zero-order valence-corrected chi connectivity index (χ0v) is 14.6. The van der Waals surface area contributed by atoms with Gasteiger partial charge in [-0.2, -0.15) is 0 Å². The van der Waals surface area contributed by atoms with Crippen LogP contribution < -0.4 is 5.46 Å². The highest BCUT2D eigenvalue weighted by Crippen LogP contribution is 2.36. The Balaban J connectivity index is 1.65. The number of nitrogens with zero attached hydrogens (tertiary/aromatic N) is 1. The minimum absolute atomic E-state index is 0.285. The van der Waals surface area contributed by atoms with Crippen LogP contribution in [0, 0.1) is 0 Å². The number of ether oxygens (including phenoxy) is 1. The molecule has 1 aromatic rings. The maximum Gasteiger partial charge on any atom is 0.494 e. The molecular weight excluding hydrogens is 297 g/mol. The lowest BCUT2D eigenvalue weighted by molar-refractivity contribution is 0.00578. The average molecular weight is 321 g/mol. The molecule has 4 nitrogen and oxygen atoms in total. The van der Waals surface area contributed by atoms with Crippen molar-refractivity contribution in [2.45, 2.75) is 43.8 Å². The zero-order valence-electron chi connectivity index (χ0n) is 13.8. The molecule has 1 aromatic carbocycles. The number of benzene rings is 1. The number of morpholine rings is 1.